The molecule has 0 spiro atoms. The molecule has 1 atom stereocenters. The van der Waals surface area contributed by atoms with Crippen LogP contribution in [0.4, 0.5) is 5.69 Å². The SMILES string of the molecule is CCS(=O)(=O)N(CC(=O)N(Cc1ccccc1C)[C@@H](Cc1ccccc1)C(=O)NC1CCCCC1)c1ccc2c(c1)OCCO2. The Balaban J connectivity index is 1.52. The van der Waals surface area contributed by atoms with Gasteiger partial charge in [0, 0.05) is 25.1 Å². The Morgan fingerprint density at radius 3 is 2.31 bits per heavy atom. The van der Waals surface area contributed by atoms with Crippen molar-refractivity contribution < 1.29 is 27.5 Å². The van der Waals surface area contributed by atoms with Gasteiger partial charge in [-0.1, -0.05) is 73.9 Å². The number of hydrogen-bond donors (Lipinski definition) is 1. The molecule has 0 aromatic heterocycles. The number of nitrogens with zero attached hydrogens (tertiary/aromatic N) is 2. The summed E-state index contributed by atoms with van der Waals surface area (Å²) in [6, 6.07) is 21.4. The molecular weight excluding hydrogens is 590 g/mol. The molecule has 1 fully saturated rings. The molecular formula is C35H43N3O6S. The van der Waals surface area contributed by atoms with Gasteiger partial charge in [-0.25, -0.2) is 8.42 Å². The molecule has 2 aliphatic rings. The minimum absolute atomic E-state index is 0.0506. The molecule has 10 heteroatoms. The van der Waals surface area contributed by atoms with Crippen molar-refractivity contribution in [3.8, 4) is 11.5 Å². The Hall–Kier alpha value is -4.05. The first kappa shape index (κ1) is 32.3. The quantitative estimate of drug-likeness (QED) is 0.301. The number of anilines is 1. The summed E-state index contributed by atoms with van der Waals surface area (Å²) in [4.78, 5) is 30.2. The van der Waals surface area contributed by atoms with Crippen molar-refractivity contribution in [3.05, 3.63) is 89.5 Å². The van der Waals surface area contributed by atoms with Crippen LogP contribution in [0.5, 0.6) is 11.5 Å². The van der Waals surface area contributed by atoms with Gasteiger partial charge in [0.2, 0.25) is 21.8 Å². The van der Waals surface area contributed by atoms with Crippen LogP contribution in [0.15, 0.2) is 72.8 Å². The number of amides is 2. The van der Waals surface area contributed by atoms with Gasteiger partial charge in [-0.2, -0.15) is 0 Å². The largest absolute Gasteiger partial charge is 0.486 e. The minimum atomic E-state index is -3.89. The Labute approximate surface area is 266 Å². The summed E-state index contributed by atoms with van der Waals surface area (Å²) in [5, 5.41) is 3.24. The zero-order valence-corrected chi connectivity index (χ0v) is 26.9. The Morgan fingerprint density at radius 1 is 0.911 bits per heavy atom. The average Bonchev–Trinajstić information content (AvgIpc) is 3.06. The lowest BCUT2D eigenvalue weighted by atomic mass is 9.94. The fourth-order valence-corrected chi connectivity index (χ4v) is 7.03. The maximum Gasteiger partial charge on any atom is 0.244 e. The number of sulfonamides is 1. The molecule has 3 aromatic rings. The molecule has 0 unspecified atom stereocenters. The molecule has 3 aromatic carbocycles. The second-order valence-corrected chi connectivity index (χ2v) is 13.9. The highest BCUT2D eigenvalue weighted by atomic mass is 32.2. The number of benzene rings is 3. The first-order valence-electron chi connectivity index (χ1n) is 15.8. The summed E-state index contributed by atoms with van der Waals surface area (Å²) in [6.07, 6.45) is 5.37. The number of rotatable bonds is 12. The van der Waals surface area contributed by atoms with E-state index in [0.29, 0.717) is 36.8 Å². The highest BCUT2D eigenvalue weighted by Crippen LogP contribution is 2.35. The maximum atomic E-state index is 14.5. The van der Waals surface area contributed by atoms with Crippen LogP contribution < -0.4 is 19.1 Å². The number of ether oxygens (including phenoxy) is 2. The van der Waals surface area contributed by atoms with Gasteiger partial charge in [-0.3, -0.25) is 13.9 Å². The third-order valence-corrected chi connectivity index (χ3v) is 10.4. The van der Waals surface area contributed by atoms with E-state index in [1.807, 2.05) is 61.5 Å². The molecule has 1 N–H and O–H groups in total. The molecule has 1 heterocycles. The van der Waals surface area contributed by atoms with Crippen LogP contribution in [0, 0.1) is 6.92 Å². The normalized spacial score (nSPS) is 15.6. The van der Waals surface area contributed by atoms with E-state index < -0.39 is 28.5 Å². The molecule has 0 saturated heterocycles. The van der Waals surface area contributed by atoms with Gasteiger partial charge in [0.25, 0.3) is 0 Å². The van der Waals surface area contributed by atoms with E-state index >= 15 is 0 Å². The van der Waals surface area contributed by atoms with Crippen molar-refractivity contribution in [3.63, 3.8) is 0 Å². The smallest absolute Gasteiger partial charge is 0.244 e. The third-order valence-electron chi connectivity index (χ3n) is 8.62. The van der Waals surface area contributed by atoms with E-state index in [4.69, 9.17) is 9.47 Å². The van der Waals surface area contributed by atoms with E-state index in [2.05, 4.69) is 5.32 Å². The van der Waals surface area contributed by atoms with E-state index in [-0.39, 0.29) is 24.2 Å². The van der Waals surface area contributed by atoms with Crippen LogP contribution in [-0.4, -0.2) is 62.7 Å². The number of aryl methyl sites for hydroxylation is 1. The Bertz CT molecular complexity index is 1570. The number of carbonyl (C=O) groups excluding carboxylic acids is 2. The zero-order valence-electron chi connectivity index (χ0n) is 26.1. The van der Waals surface area contributed by atoms with Crippen molar-refractivity contribution >= 4 is 27.5 Å². The van der Waals surface area contributed by atoms with Crippen molar-refractivity contribution in [2.45, 2.75) is 71.0 Å². The van der Waals surface area contributed by atoms with E-state index in [1.54, 1.807) is 30.0 Å². The van der Waals surface area contributed by atoms with Crippen LogP contribution >= 0.6 is 0 Å². The highest BCUT2D eigenvalue weighted by Gasteiger charge is 2.35. The molecule has 5 rings (SSSR count). The summed E-state index contributed by atoms with van der Waals surface area (Å²) < 4.78 is 39.5. The predicted molar refractivity (Wildman–Crippen MR) is 175 cm³/mol. The zero-order chi connectivity index (χ0) is 31.8. The standard InChI is InChI=1S/C35H43N3O6S/c1-3-45(41,42)38(30-18-19-32-33(23-30)44-21-20-43-32)25-34(39)37(24-28-15-11-10-12-26(28)2)31(22-27-13-6-4-7-14-27)35(40)36-29-16-8-5-9-17-29/h4,6-7,10-15,18-19,23,29,31H,3,5,8-9,16-17,20-22,24-25H2,1-2H3,(H,36,40)/t31-/m0/s1. The minimum Gasteiger partial charge on any atom is -0.486 e. The van der Waals surface area contributed by atoms with Crippen LogP contribution in [0.3, 0.4) is 0 Å². The summed E-state index contributed by atoms with van der Waals surface area (Å²) in [7, 11) is -3.89. The van der Waals surface area contributed by atoms with E-state index in [1.165, 1.54) is 0 Å². The van der Waals surface area contributed by atoms with Crippen molar-refractivity contribution in [2.75, 3.05) is 29.8 Å². The lowest BCUT2D eigenvalue weighted by Crippen LogP contribution is -2.55. The fraction of sp³-hybridized carbons (Fsp3) is 0.429. The van der Waals surface area contributed by atoms with Crippen molar-refractivity contribution in [2.24, 2.45) is 0 Å². The summed E-state index contributed by atoms with van der Waals surface area (Å²) >= 11 is 0. The first-order valence-corrected chi connectivity index (χ1v) is 17.4. The summed E-state index contributed by atoms with van der Waals surface area (Å²) in [5.74, 6) is 0.0471. The van der Waals surface area contributed by atoms with E-state index in [9.17, 15) is 18.0 Å². The maximum absolute atomic E-state index is 14.5. The van der Waals surface area contributed by atoms with Crippen LogP contribution in [-0.2, 0) is 32.6 Å². The number of fused-ring (bicyclic) bond motifs is 1. The predicted octanol–water partition coefficient (Wildman–Crippen LogP) is 5.01. The van der Waals surface area contributed by atoms with Gasteiger partial charge < -0.3 is 19.7 Å². The van der Waals surface area contributed by atoms with Crippen LogP contribution in [0.2, 0.25) is 0 Å². The molecule has 0 radical (unpaired) electrons. The lowest BCUT2D eigenvalue weighted by Gasteiger charge is -2.35. The number of hydrogen-bond acceptors (Lipinski definition) is 6. The van der Waals surface area contributed by atoms with Gasteiger partial charge in [0.05, 0.1) is 11.4 Å². The number of nitrogens with one attached hydrogen (secondary N) is 1. The molecule has 1 saturated carbocycles. The van der Waals surface area contributed by atoms with Crippen LogP contribution in [0.1, 0.15) is 55.7 Å². The van der Waals surface area contributed by atoms with Gasteiger partial charge in [-0.15, -0.1) is 0 Å². The van der Waals surface area contributed by atoms with Gasteiger partial charge in [0.1, 0.15) is 25.8 Å². The highest BCUT2D eigenvalue weighted by molar-refractivity contribution is 7.92. The second-order valence-electron chi connectivity index (χ2n) is 11.7. The Kier molecular flexibility index (Phi) is 10.7. The molecule has 240 valence electrons. The Morgan fingerprint density at radius 2 is 1.60 bits per heavy atom. The molecule has 1 aliphatic heterocycles. The lowest BCUT2D eigenvalue weighted by molar-refractivity contribution is -0.140. The van der Waals surface area contributed by atoms with Gasteiger partial charge >= 0.3 is 0 Å². The molecule has 45 heavy (non-hydrogen) atoms. The average molecular weight is 634 g/mol. The first-order chi connectivity index (χ1) is 21.7. The van der Waals surface area contributed by atoms with Gasteiger partial charge in [-0.05, 0) is 55.5 Å². The topological polar surface area (TPSA) is 105 Å². The monoisotopic (exact) mass is 633 g/mol. The third kappa shape index (κ3) is 8.16. The van der Waals surface area contributed by atoms with Crippen molar-refractivity contribution in [1.82, 2.24) is 10.2 Å². The second kappa shape index (κ2) is 14.8. The summed E-state index contributed by atoms with van der Waals surface area (Å²) in [5.41, 5.74) is 3.08. The van der Waals surface area contributed by atoms with E-state index in [0.717, 1.165) is 53.1 Å². The van der Waals surface area contributed by atoms with Crippen LogP contribution in [0.25, 0.3) is 0 Å². The number of carbonyl (C=O) groups is 2. The molecule has 9 nitrogen and oxygen atoms in total. The van der Waals surface area contributed by atoms with Crippen molar-refractivity contribution in [1.29, 1.82) is 0 Å². The molecule has 1 aliphatic carbocycles. The fourth-order valence-electron chi connectivity index (χ4n) is 5.98. The van der Waals surface area contributed by atoms with Gasteiger partial charge in [0.15, 0.2) is 11.5 Å². The molecule has 2 amide bonds. The molecule has 0 bridgehead atoms. The summed E-state index contributed by atoms with van der Waals surface area (Å²) in [6.45, 7) is 3.95.